The van der Waals surface area contributed by atoms with Gasteiger partial charge in [0.25, 0.3) is 0 Å². The molecule has 128 valence electrons. The Labute approximate surface area is 133 Å². The Balaban J connectivity index is 1.79. The summed E-state index contributed by atoms with van der Waals surface area (Å²) in [6.07, 6.45) is -3.55. The van der Waals surface area contributed by atoms with E-state index in [9.17, 15) is 18.0 Å². The van der Waals surface area contributed by atoms with Crippen molar-refractivity contribution in [2.45, 2.75) is 31.4 Å². The molecule has 0 N–H and O–H groups in total. The van der Waals surface area contributed by atoms with Gasteiger partial charge in [0.05, 0.1) is 18.6 Å². The van der Waals surface area contributed by atoms with E-state index < -0.39 is 17.9 Å². The molecule has 1 aliphatic carbocycles. The summed E-state index contributed by atoms with van der Waals surface area (Å²) in [5.41, 5.74) is 0.245. The first kappa shape index (κ1) is 15.5. The summed E-state index contributed by atoms with van der Waals surface area (Å²) in [7, 11) is 0. The van der Waals surface area contributed by atoms with Gasteiger partial charge in [0.15, 0.2) is 11.2 Å². The summed E-state index contributed by atoms with van der Waals surface area (Å²) in [6, 6.07) is 3.48. The Hall–Kier alpha value is -2.06. The molecule has 0 unspecified atom stereocenters. The van der Waals surface area contributed by atoms with Crippen LogP contribution in [0, 0.1) is 0 Å². The van der Waals surface area contributed by atoms with Gasteiger partial charge in [-0.1, -0.05) is 0 Å². The fourth-order valence-corrected chi connectivity index (χ4v) is 3.24. The number of halogens is 3. The van der Waals surface area contributed by atoms with E-state index >= 15 is 0 Å². The van der Waals surface area contributed by atoms with E-state index in [1.165, 1.54) is 6.07 Å². The molecule has 2 heterocycles. The largest absolute Gasteiger partial charge is 0.573 e. The highest BCUT2D eigenvalue weighted by Gasteiger charge is 2.42. The van der Waals surface area contributed by atoms with Crippen LogP contribution in [0.5, 0.6) is 5.75 Å². The van der Waals surface area contributed by atoms with Crippen LogP contribution in [0.15, 0.2) is 27.4 Å². The lowest BCUT2D eigenvalue weighted by atomic mass is 9.90. The Morgan fingerprint density at radius 1 is 1.17 bits per heavy atom. The second-order valence-electron chi connectivity index (χ2n) is 5.82. The molecule has 2 aromatic rings. The maximum Gasteiger partial charge on any atom is 0.573 e. The highest BCUT2D eigenvalue weighted by Crippen LogP contribution is 2.35. The van der Waals surface area contributed by atoms with E-state index in [4.69, 9.17) is 13.9 Å². The van der Waals surface area contributed by atoms with E-state index in [2.05, 4.69) is 4.74 Å². The predicted molar refractivity (Wildman–Crippen MR) is 75.8 cm³/mol. The molecule has 1 saturated heterocycles. The SMILES string of the molecule is O=c1c2c(oc3ccc(OC(F)(F)F)cc13)CCC1(C2)OCCO1. The highest BCUT2D eigenvalue weighted by molar-refractivity contribution is 5.79. The topological polar surface area (TPSA) is 57.9 Å². The van der Waals surface area contributed by atoms with Crippen molar-refractivity contribution in [1.29, 1.82) is 0 Å². The van der Waals surface area contributed by atoms with Crippen LogP contribution in [0.4, 0.5) is 13.2 Å². The monoisotopic (exact) mass is 342 g/mol. The lowest BCUT2D eigenvalue weighted by Crippen LogP contribution is -2.39. The van der Waals surface area contributed by atoms with Gasteiger partial charge in [-0.25, -0.2) is 0 Å². The number of ether oxygens (including phenoxy) is 3. The summed E-state index contributed by atoms with van der Waals surface area (Å²) < 4.78 is 57.9. The van der Waals surface area contributed by atoms with E-state index in [1.54, 1.807) is 0 Å². The third kappa shape index (κ3) is 2.65. The molecule has 8 heteroatoms. The third-order valence-corrected chi connectivity index (χ3v) is 4.27. The molecule has 0 bridgehead atoms. The fraction of sp³-hybridized carbons (Fsp3) is 0.438. The summed E-state index contributed by atoms with van der Waals surface area (Å²) in [6.45, 7) is 0.912. The molecule has 1 fully saturated rings. The molecule has 1 aliphatic heterocycles. The number of alkyl halides is 3. The van der Waals surface area contributed by atoms with Gasteiger partial charge in [0.2, 0.25) is 0 Å². The molecule has 0 amide bonds. The number of rotatable bonds is 1. The normalized spacial score (nSPS) is 19.6. The van der Waals surface area contributed by atoms with Crippen molar-refractivity contribution in [1.82, 2.24) is 0 Å². The minimum Gasteiger partial charge on any atom is -0.461 e. The molecule has 5 nitrogen and oxygen atoms in total. The van der Waals surface area contributed by atoms with Gasteiger partial charge in [-0.2, -0.15) is 0 Å². The van der Waals surface area contributed by atoms with Crippen molar-refractivity contribution >= 4 is 11.0 Å². The minimum atomic E-state index is -4.82. The van der Waals surface area contributed by atoms with Crippen molar-refractivity contribution in [2.75, 3.05) is 13.2 Å². The number of hydrogen-bond acceptors (Lipinski definition) is 5. The lowest BCUT2D eigenvalue weighted by molar-refractivity contribution is -0.274. The first-order chi connectivity index (χ1) is 11.4. The van der Waals surface area contributed by atoms with Crippen molar-refractivity contribution in [3.8, 4) is 5.75 Å². The number of aryl methyl sites for hydroxylation is 1. The first-order valence-electron chi connectivity index (χ1n) is 7.48. The Morgan fingerprint density at radius 2 is 1.92 bits per heavy atom. The Morgan fingerprint density at radius 3 is 2.62 bits per heavy atom. The predicted octanol–water partition coefficient (Wildman–Crippen LogP) is 2.92. The molecule has 2 aliphatic rings. The van der Waals surface area contributed by atoms with E-state index in [0.717, 1.165) is 12.1 Å². The van der Waals surface area contributed by atoms with Gasteiger partial charge in [-0.15, -0.1) is 13.2 Å². The van der Waals surface area contributed by atoms with Crippen molar-refractivity contribution in [2.24, 2.45) is 0 Å². The van der Waals surface area contributed by atoms with Gasteiger partial charge in [-0.3, -0.25) is 4.79 Å². The maximum atomic E-state index is 12.7. The Kier molecular flexibility index (Phi) is 3.36. The minimum absolute atomic E-state index is 0.0468. The zero-order valence-corrected chi connectivity index (χ0v) is 12.4. The van der Waals surface area contributed by atoms with Crippen molar-refractivity contribution in [3.05, 3.63) is 39.7 Å². The van der Waals surface area contributed by atoms with Crippen LogP contribution in [-0.4, -0.2) is 25.4 Å². The van der Waals surface area contributed by atoms with Crippen LogP contribution in [0.2, 0.25) is 0 Å². The summed E-state index contributed by atoms with van der Waals surface area (Å²) in [4.78, 5) is 12.7. The summed E-state index contributed by atoms with van der Waals surface area (Å²) in [5, 5.41) is 0.0468. The van der Waals surface area contributed by atoms with Crippen LogP contribution >= 0.6 is 0 Å². The highest BCUT2D eigenvalue weighted by atomic mass is 19.4. The lowest BCUT2D eigenvalue weighted by Gasteiger charge is -2.31. The first-order valence-corrected chi connectivity index (χ1v) is 7.48. The van der Waals surface area contributed by atoms with E-state index in [1.807, 2.05) is 0 Å². The number of hydrogen-bond donors (Lipinski definition) is 0. The number of fused-ring (bicyclic) bond motifs is 2. The molecular formula is C16H13F3O5. The Bertz CT molecular complexity index is 849. The van der Waals surface area contributed by atoms with E-state index in [0.29, 0.717) is 37.4 Å². The zero-order valence-electron chi connectivity index (χ0n) is 12.4. The molecule has 0 saturated carbocycles. The standard InChI is InChI=1S/C16H13F3O5/c17-16(18,19)24-9-1-2-12-10(7-9)14(20)11-8-15(21-5-6-22-15)4-3-13(11)23-12/h1-2,7H,3-6,8H2. The van der Waals surface area contributed by atoms with Gasteiger partial charge >= 0.3 is 6.36 Å². The molecule has 0 radical (unpaired) electrons. The van der Waals surface area contributed by atoms with Gasteiger partial charge in [-0.05, 0) is 18.2 Å². The van der Waals surface area contributed by atoms with Gasteiger partial charge in [0.1, 0.15) is 17.1 Å². The van der Waals surface area contributed by atoms with Crippen LogP contribution in [0.25, 0.3) is 11.0 Å². The smallest absolute Gasteiger partial charge is 0.461 e. The van der Waals surface area contributed by atoms with Gasteiger partial charge in [0, 0.05) is 24.8 Å². The average molecular weight is 342 g/mol. The molecule has 1 aromatic carbocycles. The molecular weight excluding hydrogens is 329 g/mol. The average Bonchev–Trinajstić information content (AvgIpc) is 2.96. The molecule has 1 aromatic heterocycles. The summed E-state index contributed by atoms with van der Waals surface area (Å²) >= 11 is 0. The second kappa shape index (κ2) is 5.22. The van der Waals surface area contributed by atoms with E-state index in [-0.39, 0.29) is 22.8 Å². The maximum absolute atomic E-state index is 12.7. The van der Waals surface area contributed by atoms with Crippen molar-refractivity contribution < 1.29 is 31.8 Å². The van der Waals surface area contributed by atoms with Crippen LogP contribution in [-0.2, 0) is 22.3 Å². The van der Waals surface area contributed by atoms with Crippen LogP contribution in [0.3, 0.4) is 0 Å². The summed E-state index contributed by atoms with van der Waals surface area (Å²) in [5.74, 6) is -0.752. The van der Waals surface area contributed by atoms with Crippen molar-refractivity contribution in [3.63, 3.8) is 0 Å². The fourth-order valence-electron chi connectivity index (χ4n) is 3.24. The molecule has 0 atom stereocenters. The third-order valence-electron chi connectivity index (χ3n) is 4.27. The van der Waals surface area contributed by atoms with Gasteiger partial charge < -0.3 is 18.6 Å². The molecule has 1 spiro atoms. The molecule has 4 rings (SSSR count). The quantitative estimate of drug-likeness (QED) is 0.798. The number of benzene rings is 1. The second-order valence-corrected chi connectivity index (χ2v) is 5.82. The molecule has 24 heavy (non-hydrogen) atoms. The van der Waals surface area contributed by atoms with Crippen LogP contribution in [0.1, 0.15) is 17.7 Å². The van der Waals surface area contributed by atoms with Crippen LogP contribution < -0.4 is 10.2 Å². The zero-order chi connectivity index (χ0) is 16.9.